The summed E-state index contributed by atoms with van der Waals surface area (Å²) in [5, 5.41) is 8.72. The highest BCUT2D eigenvalue weighted by Crippen LogP contribution is 2.40. The Labute approximate surface area is 65.8 Å². The number of nitriles is 1. The van der Waals surface area contributed by atoms with E-state index in [1.54, 1.807) is 0 Å². The summed E-state index contributed by atoms with van der Waals surface area (Å²) in [4.78, 5) is 0. The first-order valence-corrected chi connectivity index (χ1v) is 4.55. The molecular formula is C7H11NOS. The molecule has 0 radical (unpaired) electrons. The van der Waals surface area contributed by atoms with Crippen molar-refractivity contribution in [1.29, 1.82) is 5.26 Å². The molecule has 0 aromatic rings. The largest absolute Gasteiger partial charge is 0.314 e. The van der Waals surface area contributed by atoms with Gasteiger partial charge in [-0.25, -0.2) is 0 Å². The van der Waals surface area contributed by atoms with Gasteiger partial charge in [0.1, 0.15) is 0 Å². The van der Waals surface area contributed by atoms with E-state index < -0.39 is 0 Å². The zero-order chi connectivity index (χ0) is 7.45. The molecule has 1 saturated carbocycles. The minimum absolute atomic E-state index is 0.122. The lowest BCUT2D eigenvalue weighted by Crippen LogP contribution is -2.31. The SMILES string of the molecule is CSOCC1(C#N)CCC1. The van der Waals surface area contributed by atoms with Crippen molar-refractivity contribution in [2.75, 3.05) is 12.9 Å². The van der Waals surface area contributed by atoms with Gasteiger partial charge in [0.15, 0.2) is 0 Å². The normalized spacial score (nSPS) is 21.2. The Morgan fingerprint density at radius 2 is 2.40 bits per heavy atom. The predicted octanol–water partition coefficient (Wildman–Crippen LogP) is 1.97. The second-order valence-electron chi connectivity index (χ2n) is 2.67. The van der Waals surface area contributed by atoms with E-state index in [1.807, 2.05) is 6.26 Å². The van der Waals surface area contributed by atoms with Gasteiger partial charge in [-0.1, -0.05) is 6.42 Å². The molecule has 1 aliphatic rings. The molecular weight excluding hydrogens is 146 g/mol. The molecule has 0 saturated heterocycles. The van der Waals surface area contributed by atoms with Gasteiger partial charge in [0, 0.05) is 6.26 Å². The fourth-order valence-corrected chi connectivity index (χ4v) is 1.41. The fraction of sp³-hybridized carbons (Fsp3) is 0.857. The van der Waals surface area contributed by atoms with Crippen LogP contribution in [0.25, 0.3) is 0 Å². The second kappa shape index (κ2) is 3.27. The van der Waals surface area contributed by atoms with Crippen molar-refractivity contribution < 1.29 is 4.18 Å². The smallest absolute Gasteiger partial charge is 0.0819 e. The first-order chi connectivity index (χ1) is 4.83. The molecule has 0 bridgehead atoms. The lowest BCUT2D eigenvalue weighted by atomic mass is 9.71. The molecule has 0 heterocycles. The van der Waals surface area contributed by atoms with Gasteiger partial charge in [-0.05, 0) is 24.9 Å². The summed E-state index contributed by atoms with van der Waals surface area (Å²) in [6.07, 6.45) is 5.10. The lowest BCUT2D eigenvalue weighted by molar-refractivity contribution is 0.130. The van der Waals surface area contributed by atoms with Crippen LogP contribution in [-0.2, 0) is 4.18 Å². The number of hydrogen-bond acceptors (Lipinski definition) is 3. The molecule has 0 aliphatic heterocycles. The van der Waals surface area contributed by atoms with Gasteiger partial charge in [0.05, 0.1) is 18.1 Å². The van der Waals surface area contributed by atoms with E-state index in [9.17, 15) is 0 Å². The number of nitrogens with zero attached hydrogens (tertiary/aromatic N) is 1. The van der Waals surface area contributed by atoms with Crippen LogP contribution in [0.3, 0.4) is 0 Å². The minimum Gasteiger partial charge on any atom is -0.314 e. The average molecular weight is 157 g/mol. The maximum Gasteiger partial charge on any atom is 0.0819 e. The third kappa shape index (κ3) is 1.44. The van der Waals surface area contributed by atoms with Crippen LogP contribution in [0.2, 0.25) is 0 Å². The Morgan fingerprint density at radius 3 is 2.70 bits per heavy atom. The van der Waals surface area contributed by atoms with E-state index >= 15 is 0 Å². The second-order valence-corrected chi connectivity index (χ2v) is 3.24. The van der Waals surface area contributed by atoms with E-state index in [0.717, 1.165) is 12.8 Å². The Morgan fingerprint density at radius 1 is 1.70 bits per heavy atom. The first-order valence-electron chi connectivity index (χ1n) is 3.40. The highest BCUT2D eigenvalue weighted by molar-refractivity contribution is 7.93. The quantitative estimate of drug-likeness (QED) is 0.587. The van der Waals surface area contributed by atoms with E-state index in [1.165, 1.54) is 18.5 Å². The van der Waals surface area contributed by atoms with Crippen molar-refractivity contribution in [1.82, 2.24) is 0 Å². The van der Waals surface area contributed by atoms with Crippen LogP contribution in [0.15, 0.2) is 0 Å². The van der Waals surface area contributed by atoms with Crippen LogP contribution in [0, 0.1) is 16.7 Å². The first kappa shape index (κ1) is 7.90. The topological polar surface area (TPSA) is 33.0 Å². The lowest BCUT2D eigenvalue weighted by Gasteiger charge is -2.33. The van der Waals surface area contributed by atoms with Crippen LogP contribution in [0.1, 0.15) is 19.3 Å². The maximum atomic E-state index is 8.72. The Hall–Kier alpha value is -0.200. The van der Waals surface area contributed by atoms with Crippen molar-refractivity contribution >= 4 is 12.0 Å². The predicted molar refractivity (Wildman–Crippen MR) is 41.4 cm³/mol. The molecule has 1 rings (SSSR count). The van der Waals surface area contributed by atoms with Crippen LogP contribution < -0.4 is 0 Å². The Balaban J connectivity index is 2.29. The monoisotopic (exact) mass is 157 g/mol. The molecule has 1 fully saturated rings. The van der Waals surface area contributed by atoms with Crippen molar-refractivity contribution in [3.05, 3.63) is 0 Å². The Bertz CT molecular complexity index is 148. The van der Waals surface area contributed by atoms with E-state index in [0.29, 0.717) is 6.61 Å². The highest BCUT2D eigenvalue weighted by Gasteiger charge is 2.37. The number of hydrogen-bond donors (Lipinski definition) is 0. The maximum absolute atomic E-state index is 8.72. The van der Waals surface area contributed by atoms with E-state index in [4.69, 9.17) is 9.44 Å². The third-order valence-electron chi connectivity index (χ3n) is 2.00. The third-order valence-corrected chi connectivity index (χ3v) is 2.35. The molecule has 0 atom stereocenters. The summed E-state index contributed by atoms with van der Waals surface area (Å²) in [5.74, 6) is 0. The van der Waals surface area contributed by atoms with Gasteiger partial charge in [0.2, 0.25) is 0 Å². The fourth-order valence-electron chi connectivity index (χ4n) is 1.06. The zero-order valence-corrected chi connectivity index (χ0v) is 6.91. The van der Waals surface area contributed by atoms with Crippen molar-refractivity contribution in [2.24, 2.45) is 5.41 Å². The minimum atomic E-state index is -0.122. The van der Waals surface area contributed by atoms with Gasteiger partial charge < -0.3 is 4.18 Å². The van der Waals surface area contributed by atoms with Gasteiger partial charge >= 0.3 is 0 Å². The molecule has 0 amide bonds. The molecule has 0 N–H and O–H groups in total. The molecule has 2 nitrogen and oxygen atoms in total. The molecule has 0 unspecified atom stereocenters. The zero-order valence-electron chi connectivity index (χ0n) is 6.09. The molecule has 10 heavy (non-hydrogen) atoms. The van der Waals surface area contributed by atoms with Crippen LogP contribution in [0.4, 0.5) is 0 Å². The van der Waals surface area contributed by atoms with Gasteiger partial charge in [-0.2, -0.15) is 5.26 Å². The molecule has 0 spiro atoms. The summed E-state index contributed by atoms with van der Waals surface area (Å²) in [5.41, 5.74) is -0.122. The number of rotatable bonds is 3. The summed E-state index contributed by atoms with van der Waals surface area (Å²) in [6.45, 7) is 0.602. The van der Waals surface area contributed by atoms with Gasteiger partial charge in [-0.15, -0.1) is 0 Å². The standard InChI is InChI=1S/C7H11NOS/c1-10-9-6-7(5-8)3-2-4-7/h2-4,6H2,1H3. The summed E-state index contributed by atoms with van der Waals surface area (Å²) in [6, 6.07) is 2.31. The van der Waals surface area contributed by atoms with Crippen molar-refractivity contribution in [2.45, 2.75) is 19.3 Å². The van der Waals surface area contributed by atoms with Crippen LogP contribution in [0.5, 0.6) is 0 Å². The Kier molecular flexibility index (Phi) is 2.58. The van der Waals surface area contributed by atoms with Gasteiger partial charge in [0.25, 0.3) is 0 Å². The summed E-state index contributed by atoms with van der Waals surface area (Å²) < 4.78 is 5.13. The summed E-state index contributed by atoms with van der Waals surface area (Å²) in [7, 11) is 0. The highest BCUT2D eigenvalue weighted by atomic mass is 32.2. The van der Waals surface area contributed by atoms with E-state index in [-0.39, 0.29) is 5.41 Å². The molecule has 3 heteroatoms. The molecule has 0 aromatic carbocycles. The van der Waals surface area contributed by atoms with Gasteiger partial charge in [-0.3, -0.25) is 0 Å². The van der Waals surface area contributed by atoms with Crippen LogP contribution >= 0.6 is 12.0 Å². The molecule has 56 valence electrons. The molecule has 0 aromatic heterocycles. The molecule has 1 aliphatic carbocycles. The van der Waals surface area contributed by atoms with Crippen LogP contribution in [-0.4, -0.2) is 12.9 Å². The van der Waals surface area contributed by atoms with E-state index in [2.05, 4.69) is 6.07 Å². The average Bonchev–Trinajstić information content (AvgIpc) is 1.87. The summed E-state index contributed by atoms with van der Waals surface area (Å²) >= 11 is 1.34. The van der Waals surface area contributed by atoms with Crippen molar-refractivity contribution in [3.8, 4) is 6.07 Å². The van der Waals surface area contributed by atoms with Crippen molar-refractivity contribution in [3.63, 3.8) is 0 Å².